The van der Waals surface area contributed by atoms with Gasteiger partial charge in [0.15, 0.2) is 6.10 Å². The predicted molar refractivity (Wildman–Crippen MR) is 102 cm³/mol. The smallest absolute Gasteiger partial charge is 0.263 e. The van der Waals surface area contributed by atoms with E-state index in [2.05, 4.69) is 10.1 Å². The van der Waals surface area contributed by atoms with E-state index in [1.165, 1.54) is 4.90 Å². The van der Waals surface area contributed by atoms with Crippen LogP contribution in [0.4, 0.5) is 0 Å². The van der Waals surface area contributed by atoms with Gasteiger partial charge in [-0.15, -0.1) is 0 Å². The van der Waals surface area contributed by atoms with Crippen molar-refractivity contribution in [3.8, 4) is 17.1 Å². The number of aromatic nitrogens is 2. The number of nitrogens with zero attached hydrogens (tertiary/aromatic N) is 3. The van der Waals surface area contributed by atoms with Crippen LogP contribution in [0.25, 0.3) is 11.4 Å². The molecule has 0 bridgehead atoms. The van der Waals surface area contributed by atoms with Crippen LogP contribution in [-0.4, -0.2) is 34.1 Å². The normalized spacial score (nSPS) is 11.9. The minimum atomic E-state index is -0.660. The molecule has 0 aliphatic carbocycles. The molecule has 1 atom stereocenters. The van der Waals surface area contributed by atoms with Crippen molar-refractivity contribution in [1.29, 1.82) is 0 Å². The maximum absolute atomic E-state index is 12.6. The highest BCUT2D eigenvalue weighted by molar-refractivity contribution is 6.31. The number of likely N-dealkylation sites (N-methyl/N-ethyl adjacent to an activating group) is 1. The van der Waals surface area contributed by atoms with Gasteiger partial charge in [0.25, 0.3) is 5.91 Å². The molecule has 0 saturated heterocycles. The average molecular weight is 386 g/mol. The van der Waals surface area contributed by atoms with Gasteiger partial charge in [-0.3, -0.25) is 4.79 Å². The maximum atomic E-state index is 12.6. The zero-order chi connectivity index (χ0) is 19.4. The van der Waals surface area contributed by atoms with Crippen LogP contribution in [0.3, 0.4) is 0 Å². The second kappa shape index (κ2) is 8.22. The van der Waals surface area contributed by atoms with Gasteiger partial charge in [0, 0.05) is 17.6 Å². The Labute approximate surface area is 162 Å². The van der Waals surface area contributed by atoms with Gasteiger partial charge in [-0.25, -0.2) is 0 Å². The summed E-state index contributed by atoms with van der Waals surface area (Å²) >= 11 is 6.01. The number of amides is 1. The molecule has 0 radical (unpaired) electrons. The van der Waals surface area contributed by atoms with Gasteiger partial charge in [0.2, 0.25) is 11.7 Å². The van der Waals surface area contributed by atoms with Gasteiger partial charge in [-0.05, 0) is 37.6 Å². The van der Waals surface area contributed by atoms with E-state index in [0.717, 1.165) is 11.1 Å². The van der Waals surface area contributed by atoms with Crippen LogP contribution in [0.15, 0.2) is 53.1 Å². The largest absolute Gasteiger partial charge is 0.481 e. The lowest BCUT2D eigenvalue weighted by Crippen LogP contribution is -2.37. The summed E-state index contributed by atoms with van der Waals surface area (Å²) in [6, 6.07) is 14.8. The van der Waals surface area contributed by atoms with Crippen LogP contribution in [0.1, 0.15) is 18.4 Å². The van der Waals surface area contributed by atoms with Crippen molar-refractivity contribution in [3.05, 3.63) is 65.0 Å². The van der Waals surface area contributed by atoms with Crippen LogP contribution in [-0.2, 0) is 11.3 Å². The summed E-state index contributed by atoms with van der Waals surface area (Å²) in [6.07, 6.45) is -0.660. The first-order valence-corrected chi connectivity index (χ1v) is 8.87. The van der Waals surface area contributed by atoms with Crippen molar-refractivity contribution in [2.24, 2.45) is 0 Å². The number of benzene rings is 2. The molecule has 2 aromatic carbocycles. The fraction of sp³-hybridized carbons (Fsp3) is 0.250. The van der Waals surface area contributed by atoms with Crippen LogP contribution in [0.2, 0.25) is 5.02 Å². The lowest BCUT2D eigenvalue weighted by molar-refractivity contribution is -0.137. The van der Waals surface area contributed by atoms with Crippen LogP contribution in [0.5, 0.6) is 5.75 Å². The molecule has 1 heterocycles. The molecule has 3 rings (SSSR count). The Kier molecular flexibility index (Phi) is 5.76. The van der Waals surface area contributed by atoms with Crippen molar-refractivity contribution in [2.45, 2.75) is 26.5 Å². The third-order valence-electron chi connectivity index (χ3n) is 4.04. The first kappa shape index (κ1) is 18.9. The molecule has 1 amide bonds. The van der Waals surface area contributed by atoms with E-state index in [0.29, 0.717) is 22.5 Å². The highest BCUT2D eigenvalue weighted by atomic mass is 35.5. The Morgan fingerprint density at radius 1 is 1.26 bits per heavy atom. The van der Waals surface area contributed by atoms with Gasteiger partial charge in [0.05, 0.1) is 6.54 Å². The molecule has 0 fully saturated rings. The number of rotatable bonds is 6. The third-order valence-corrected chi connectivity index (χ3v) is 4.46. The van der Waals surface area contributed by atoms with E-state index in [1.54, 1.807) is 32.2 Å². The summed E-state index contributed by atoms with van der Waals surface area (Å²) in [7, 11) is 1.67. The number of ether oxygens (including phenoxy) is 1. The molecule has 6 nitrogen and oxygen atoms in total. The Balaban J connectivity index is 1.61. The van der Waals surface area contributed by atoms with Crippen LogP contribution in [0, 0.1) is 6.92 Å². The molecular weight excluding hydrogens is 366 g/mol. The number of carbonyl (C=O) groups is 1. The number of carbonyl (C=O) groups excluding carboxylic acids is 1. The lowest BCUT2D eigenvalue weighted by Gasteiger charge is -2.21. The zero-order valence-corrected chi connectivity index (χ0v) is 16.1. The standard InChI is InChI=1S/C20H20ClN3O3/c1-13-11-16(9-10-17(13)21)26-14(2)20(25)24(3)12-18-22-19(23-27-18)15-7-5-4-6-8-15/h4-11,14H,12H2,1-3H3/t14-/m0/s1. The van der Waals surface area contributed by atoms with Crippen LogP contribution < -0.4 is 4.74 Å². The molecule has 3 aromatic rings. The third kappa shape index (κ3) is 4.65. The van der Waals surface area contributed by atoms with Gasteiger partial charge < -0.3 is 14.2 Å². The van der Waals surface area contributed by atoms with Gasteiger partial charge in [0.1, 0.15) is 5.75 Å². The highest BCUT2D eigenvalue weighted by Crippen LogP contribution is 2.22. The summed E-state index contributed by atoms with van der Waals surface area (Å²) in [5, 5.41) is 4.62. The molecule has 0 aliphatic heterocycles. The molecule has 0 N–H and O–H groups in total. The van der Waals surface area contributed by atoms with Gasteiger partial charge >= 0.3 is 0 Å². The summed E-state index contributed by atoms with van der Waals surface area (Å²) in [5.74, 6) is 1.25. The molecule has 0 saturated carbocycles. The van der Waals surface area contributed by atoms with Gasteiger partial charge in [-0.1, -0.05) is 47.1 Å². The minimum absolute atomic E-state index is 0.193. The topological polar surface area (TPSA) is 68.5 Å². The fourth-order valence-electron chi connectivity index (χ4n) is 2.56. The maximum Gasteiger partial charge on any atom is 0.263 e. The van der Waals surface area contributed by atoms with Crippen molar-refractivity contribution < 1.29 is 14.1 Å². The second-order valence-corrected chi connectivity index (χ2v) is 6.65. The Morgan fingerprint density at radius 2 is 2.00 bits per heavy atom. The Morgan fingerprint density at radius 3 is 2.70 bits per heavy atom. The molecule has 7 heteroatoms. The number of halogens is 1. The highest BCUT2D eigenvalue weighted by Gasteiger charge is 2.21. The van der Waals surface area contributed by atoms with E-state index in [4.69, 9.17) is 20.9 Å². The molecule has 0 aliphatic rings. The van der Waals surface area contributed by atoms with Crippen molar-refractivity contribution in [3.63, 3.8) is 0 Å². The summed E-state index contributed by atoms with van der Waals surface area (Å²) in [5.41, 5.74) is 1.75. The molecule has 0 unspecified atom stereocenters. The van der Waals surface area contributed by atoms with E-state index < -0.39 is 6.10 Å². The fourth-order valence-corrected chi connectivity index (χ4v) is 2.68. The molecule has 27 heavy (non-hydrogen) atoms. The monoisotopic (exact) mass is 385 g/mol. The van der Waals surface area contributed by atoms with Crippen molar-refractivity contribution >= 4 is 17.5 Å². The summed E-state index contributed by atoms with van der Waals surface area (Å²) < 4.78 is 11.0. The average Bonchev–Trinajstić information content (AvgIpc) is 3.13. The molecule has 140 valence electrons. The van der Waals surface area contributed by atoms with Crippen molar-refractivity contribution in [2.75, 3.05) is 7.05 Å². The van der Waals surface area contributed by atoms with E-state index in [-0.39, 0.29) is 12.5 Å². The zero-order valence-electron chi connectivity index (χ0n) is 15.3. The van der Waals surface area contributed by atoms with Gasteiger partial charge in [-0.2, -0.15) is 4.98 Å². The number of hydrogen-bond acceptors (Lipinski definition) is 5. The van der Waals surface area contributed by atoms with Crippen LogP contribution >= 0.6 is 11.6 Å². The van der Waals surface area contributed by atoms with Crippen molar-refractivity contribution in [1.82, 2.24) is 15.0 Å². The molecule has 1 aromatic heterocycles. The lowest BCUT2D eigenvalue weighted by atomic mass is 10.2. The van der Waals surface area contributed by atoms with E-state index in [1.807, 2.05) is 37.3 Å². The summed E-state index contributed by atoms with van der Waals surface area (Å²) in [6.45, 7) is 3.78. The SMILES string of the molecule is Cc1cc(O[C@@H](C)C(=O)N(C)Cc2nc(-c3ccccc3)no2)ccc1Cl. The Hall–Kier alpha value is -2.86. The number of hydrogen-bond donors (Lipinski definition) is 0. The Bertz CT molecular complexity index is 927. The summed E-state index contributed by atoms with van der Waals surface area (Å²) in [4.78, 5) is 18.4. The first-order valence-electron chi connectivity index (χ1n) is 8.50. The van der Waals surface area contributed by atoms with E-state index in [9.17, 15) is 4.79 Å². The van der Waals surface area contributed by atoms with E-state index >= 15 is 0 Å². The first-order chi connectivity index (χ1) is 12.9. The second-order valence-electron chi connectivity index (χ2n) is 6.24. The predicted octanol–water partition coefficient (Wildman–Crippen LogP) is 4.12. The quantitative estimate of drug-likeness (QED) is 0.638. The molecule has 0 spiro atoms. The minimum Gasteiger partial charge on any atom is -0.481 e. The number of aryl methyl sites for hydroxylation is 1. The molecular formula is C20H20ClN3O3.